The summed E-state index contributed by atoms with van der Waals surface area (Å²) < 4.78 is 20.4. The summed E-state index contributed by atoms with van der Waals surface area (Å²) in [6.45, 7) is 1.82. The molecule has 0 radical (unpaired) electrons. The Kier molecular flexibility index (Phi) is 5.83. The Labute approximate surface area is 181 Å². The van der Waals surface area contributed by atoms with Crippen LogP contribution in [0, 0.1) is 4.78 Å². The summed E-state index contributed by atoms with van der Waals surface area (Å²) in [7, 11) is -0.250. The van der Waals surface area contributed by atoms with E-state index >= 15 is 0 Å². The molecule has 2 aromatic heterocycles. The van der Waals surface area contributed by atoms with Crippen molar-refractivity contribution >= 4 is 39.0 Å². The van der Waals surface area contributed by atoms with Crippen molar-refractivity contribution < 1.29 is 9.32 Å². The molecule has 160 valence electrons. The topological polar surface area (TPSA) is 129 Å². The molecule has 4 N–H and O–H groups in total. The minimum absolute atomic E-state index is 0.0456. The number of hydrogen-bond donors (Lipinski definition) is 5. The molecule has 1 unspecified atom stereocenters. The van der Waals surface area contributed by atoms with Gasteiger partial charge in [0.05, 0.1) is 22.7 Å². The van der Waals surface area contributed by atoms with E-state index in [1.165, 1.54) is 0 Å². The quantitative estimate of drug-likeness (QED) is 0.281. The Morgan fingerprint density at radius 2 is 1.97 bits per heavy atom. The summed E-state index contributed by atoms with van der Waals surface area (Å²) in [6, 6.07) is 12.4. The molecule has 10 heteroatoms. The lowest BCUT2D eigenvalue weighted by molar-refractivity contribution is 0.281. The fourth-order valence-corrected chi connectivity index (χ4v) is 3.65. The fraction of sp³-hybridized carbons (Fsp3) is 0.190. The van der Waals surface area contributed by atoms with Gasteiger partial charge in [-0.1, -0.05) is 12.1 Å². The molecule has 0 spiro atoms. The van der Waals surface area contributed by atoms with Gasteiger partial charge in [0.1, 0.15) is 5.82 Å². The van der Waals surface area contributed by atoms with Crippen LogP contribution in [0.4, 0.5) is 17.5 Å². The van der Waals surface area contributed by atoms with Gasteiger partial charge in [0.25, 0.3) is 0 Å². The summed E-state index contributed by atoms with van der Waals surface area (Å²) in [6.07, 6.45) is 3.69. The predicted octanol–water partition coefficient (Wildman–Crippen LogP) is 3.17. The highest BCUT2D eigenvalue weighted by molar-refractivity contribution is 7.73. The molecule has 0 saturated heterocycles. The van der Waals surface area contributed by atoms with Gasteiger partial charge in [-0.05, 0) is 42.8 Å². The highest BCUT2D eigenvalue weighted by Gasteiger charge is 2.15. The molecule has 0 aliphatic heterocycles. The maximum absolute atomic E-state index is 11.3. The molecule has 9 nitrogen and oxygen atoms in total. The molecule has 4 aromatic rings. The summed E-state index contributed by atoms with van der Waals surface area (Å²) in [5.74, 6) is 0.957. The van der Waals surface area contributed by atoms with Gasteiger partial charge < -0.3 is 15.7 Å². The van der Waals surface area contributed by atoms with E-state index in [2.05, 4.69) is 25.7 Å². The van der Waals surface area contributed by atoms with Gasteiger partial charge in [0.2, 0.25) is 5.95 Å². The van der Waals surface area contributed by atoms with Crippen LogP contribution in [0.5, 0.6) is 0 Å². The average Bonchev–Trinajstić information content (AvgIpc) is 3.14. The number of aliphatic hydroxyl groups is 1. The molecule has 2 atom stereocenters. The molecule has 0 amide bonds. The number of aromatic nitrogens is 4. The Hall–Kier alpha value is -3.50. The summed E-state index contributed by atoms with van der Waals surface area (Å²) in [5.41, 5.74) is 3.32. The van der Waals surface area contributed by atoms with Crippen molar-refractivity contribution in [3.05, 3.63) is 54.9 Å². The predicted molar refractivity (Wildman–Crippen MR) is 122 cm³/mol. The molecule has 31 heavy (non-hydrogen) atoms. The van der Waals surface area contributed by atoms with E-state index in [-0.39, 0.29) is 12.6 Å². The SMILES string of the molecule is C[C@H](CO)Nc1nc(Nc2ccc([SH](=N)=O)cc2)ncc1-c1cccc2nn(C)cc12. The number of thiol groups is 1. The van der Waals surface area contributed by atoms with Crippen molar-refractivity contribution in [2.45, 2.75) is 17.9 Å². The second kappa shape index (κ2) is 8.70. The molecule has 0 aliphatic carbocycles. The number of anilines is 3. The standard InChI is InChI=1S/C21H23N7O2S/c1-13(12-29)24-20-17(16-4-3-5-19-18(16)11-28(2)27-19)10-23-21(26-20)25-14-6-8-15(9-7-14)31(22)30/h3-11,13,22,29,31H,12H2,1-2H3,(H2,23,24,25,26)/t13-/m1/s1. The minimum atomic E-state index is -2.13. The highest BCUT2D eigenvalue weighted by atomic mass is 32.2. The second-order valence-corrected chi connectivity index (χ2v) is 8.30. The molecule has 0 aliphatic rings. The van der Waals surface area contributed by atoms with E-state index in [1.54, 1.807) is 35.1 Å². The summed E-state index contributed by atoms with van der Waals surface area (Å²) in [4.78, 5) is 9.56. The smallest absolute Gasteiger partial charge is 0.229 e. The summed E-state index contributed by atoms with van der Waals surface area (Å²) >= 11 is 0. The van der Waals surface area contributed by atoms with Crippen molar-refractivity contribution in [1.29, 1.82) is 4.78 Å². The van der Waals surface area contributed by atoms with E-state index in [0.29, 0.717) is 22.3 Å². The zero-order valence-electron chi connectivity index (χ0n) is 17.1. The van der Waals surface area contributed by atoms with Gasteiger partial charge in [0, 0.05) is 47.0 Å². The third-order valence-electron chi connectivity index (χ3n) is 4.76. The number of rotatable bonds is 7. The van der Waals surface area contributed by atoms with Crippen molar-refractivity contribution in [2.75, 3.05) is 17.2 Å². The van der Waals surface area contributed by atoms with E-state index in [1.807, 2.05) is 38.4 Å². The van der Waals surface area contributed by atoms with Crippen molar-refractivity contribution in [3.63, 3.8) is 0 Å². The van der Waals surface area contributed by atoms with Crippen LogP contribution in [-0.4, -0.2) is 41.7 Å². The first-order chi connectivity index (χ1) is 14.9. The first-order valence-corrected chi connectivity index (χ1v) is 10.9. The monoisotopic (exact) mass is 437 g/mol. The first-order valence-electron chi connectivity index (χ1n) is 9.67. The van der Waals surface area contributed by atoms with Crippen LogP contribution in [0.3, 0.4) is 0 Å². The van der Waals surface area contributed by atoms with Crippen LogP contribution in [0.1, 0.15) is 6.92 Å². The van der Waals surface area contributed by atoms with Gasteiger partial charge >= 0.3 is 0 Å². The van der Waals surface area contributed by atoms with E-state index < -0.39 is 10.6 Å². The van der Waals surface area contributed by atoms with Gasteiger partial charge in [-0.25, -0.2) is 9.19 Å². The minimum Gasteiger partial charge on any atom is -0.394 e. The zero-order chi connectivity index (χ0) is 22.0. The van der Waals surface area contributed by atoms with E-state index in [4.69, 9.17) is 4.78 Å². The maximum atomic E-state index is 11.3. The van der Waals surface area contributed by atoms with E-state index in [9.17, 15) is 9.32 Å². The van der Waals surface area contributed by atoms with E-state index in [0.717, 1.165) is 22.0 Å². The largest absolute Gasteiger partial charge is 0.394 e. The Morgan fingerprint density at radius 1 is 1.19 bits per heavy atom. The van der Waals surface area contributed by atoms with Gasteiger partial charge in [0.15, 0.2) is 0 Å². The first kappa shape index (κ1) is 20.8. The fourth-order valence-electron chi connectivity index (χ4n) is 3.23. The Balaban J connectivity index is 1.74. The van der Waals surface area contributed by atoms with Gasteiger partial charge in [-0.15, -0.1) is 0 Å². The lowest BCUT2D eigenvalue weighted by atomic mass is 10.0. The van der Waals surface area contributed by atoms with Gasteiger partial charge in [-0.3, -0.25) is 9.46 Å². The van der Waals surface area contributed by atoms with Crippen molar-refractivity contribution in [1.82, 2.24) is 19.7 Å². The number of aliphatic hydroxyl groups excluding tert-OH is 1. The van der Waals surface area contributed by atoms with Crippen molar-refractivity contribution in [2.24, 2.45) is 7.05 Å². The average molecular weight is 438 g/mol. The molecule has 2 aromatic carbocycles. The van der Waals surface area contributed by atoms with Crippen molar-refractivity contribution in [3.8, 4) is 11.1 Å². The van der Waals surface area contributed by atoms with Crippen LogP contribution in [0.25, 0.3) is 22.0 Å². The number of hydrogen-bond acceptors (Lipinski definition) is 8. The van der Waals surface area contributed by atoms with Crippen LogP contribution in [0.15, 0.2) is 59.8 Å². The molecular formula is C21H23N7O2S. The lowest BCUT2D eigenvalue weighted by Gasteiger charge is -2.17. The molecule has 0 bridgehead atoms. The highest BCUT2D eigenvalue weighted by Crippen LogP contribution is 2.33. The summed E-state index contributed by atoms with van der Waals surface area (Å²) in [5, 5.41) is 21.4. The van der Waals surface area contributed by atoms with Crippen LogP contribution in [-0.2, 0) is 17.6 Å². The van der Waals surface area contributed by atoms with Crippen LogP contribution in [0.2, 0.25) is 0 Å². The van der Waals surface area contributed by atoms with Gasteiger partial charge in [-0.2, -0.15) is 10.1 Å². The molecule has 2 heterocycles. The number of nitrogens with zero attached hydrogens (tertiary/aromatic N) is 4. The third kappa shape index (κ3) is 4.49. The molecule has 0 fully saturated rings. The Bertz CT molecular complexity index is 1290. The maximum Gasteiger partial charge on any atom is 0.229 e. The number of fused-ring (bicyclic) bond motifs is 1. The lowest BCUT2D eigenvalue weighted by Crippen LogP contribution is -2.21. The molecule has 0 saturated carbocycles. The second-order valence-electron chi connectivity index (χ2n) is 7.19. The number of benzene rings is 2. The number of aryl methyl sites for hydroxylation is 1. The zero-order valence-corrected chi connectivity index (χ0v) is 18.0. The van der Waals surface area contributed by atoms with Crippen LogP contribution >= 0.6 is 0 Å². The Morgan fingerprint density at radius 3 is 2.68 bits per heavy atom. The number of nitrogens with one attached hydrogen (secondary N) is 3. The third-order valence-corrected chi connectivity index (χ3v) is 5.53. The normalized spacial score (nSPS) is 13.1. The van der Waals surface area contributed by atoms with Crippen LogP contribution < -0.4 is 10.6 Å². The molecular weight excluding hydrogens is 414 g/mol. The molecule has 4 rings (SSSR count).